The van der Waals surface area contributed by atoms with Gasteiger partial charge in [0.15, 0.2) is 0 Å². The van der Waals surface area contributed by atoms with Crippen LogP contribution in [0.15, 0.2) is 24.4 Å². The summed E-state index contributed by atoms with van der Waals surface area (Å²) in [4.78, 5) is 0. The number of aromatic nitrogens is 2. The van der Waals surface area contributed by atoms with Crippen molar-refractivity contribution in [3.8, 4) is 11.8 Å². The van der Waals surface area contributed by atoms with Crippen LogP contribution in [0.3, 0.4) is 0 Å². The molecule has 2 N–H and O–H groups in total. The number of ether oxygens (including phenoxy) is 1. The van der Waals surface area contributed by atoms with E-state index in [1.165, 1.54) is 0 Å². The molecule has 0 aliphatic carbocycles. The zero-order chi connectivity index (χ0) is 17.1. The predicted octanol–water partition coefficient (Wildman–Crippen LogP) is 3.47. The first-order valence-electron chi connectivity index (χ1n) is 7.34. The van der Waals surface area contributed by atoms with Gasteiger partial charge in [0, 0.05) is 13.2 Å². The molecule has 0 bridgehead atoms. The number of benzene rings is 1. The van der Waals surface area contributed by atoms with E-state index in [1.54, 1.807) is 24.1 Å². The molecule has 0 saturated carbocycles. The molecule has 0 aliphatic heterocycles. The van der Waals surface area contributed by atoms with E-state index in [9.17, 15) is 0 Å². The van der Waals surface area contributed by atoms with E-state index >= 15 is 0 Å². The Morgan fingerprint density at radius 3 is 2.32 bits per heavy atom. The van der Waals surface area contributed by atoms with Crippen LogP contribution in [0.2, 0.25) is 0 Å². The Morgan fingerprint density at radius 2 is 2.00 bits per heavy atom. The molecule has 5 heteroatoms. The number of hydrogen-bond donors (Lipinski definition) is 1. The summed E-state index contributed by atoms with van der Waals surface area (Å²) in [6.07, 6.45) is 2.67. The molecule has 22 heavy (non-hydrogen) atoms. The van der Waals surface area contributed by atoms with E-state index in [1.807, 2.05) is 46.9 Å². The van der Waals surface area contributed by atoms with Crippen LogP contribution in [0, 0.1) is 18.3 Å². The van der Waals surface area contributed by atoms with Crippen molar-refractivity contribution in [1.82, 2.24) is 9.78 Å². The lowest BCUT2D eigenvalue weighted by molar-refractivity contribution is 0.410. The first kappa shape index (κ1) is 19.5. The van der Waals surface area contributed by atoms with Crippen molar-refractivity contribution < 1.29 is 4.74 Å². The molecule has 1 aromatic carbocycles. The highest BCUT2D eigenvalue weighted by molar-refractivity contribution is 5.42. The summed E-state index contributed by atoms with van der Waals surface area (Å²) in [6, 6.07) is 7.55. The SMILES string of the molecule is CC.CCc1cc(C#N)ccc1OC.Cc1nn(C)cc1N. The quantitative estimate of drug-likeness (QED) is 0.921. The molecule has 2 rings (SSSR count). The minimum absolute atomic E-state index is 0.688. The summed E-state index contributed by atoms with van der Waals surface area (Å²) >= 11 is 0. The van der Waals surface area contributed by atoms with Crippen molar-refractivity contribution in [3.63, 3.8) is 0 Å². The van der Waals surface area contributed by atoms with Crippen molar-refractivity contribution in [1.29, 1.82) is 5.26 Å². The van der Waals surface area contributed by atoms with Crippen molar-refractivity contribution in [3.05, 3.63) is 41.2 Å². The summed E-state index contributed by atoms with van der Waals surface area (Å²) < 4.78 is 6.83. The molecule has 0 amide bonds. The number of anilines is 1. The van der Waals surface area contributed by atoms with Crippen LogP contribution in [0.1, 0.15) is 37.6 Å². The lowest BCUT2D eigenvalue weighted by Crippen LogP contribution is -1.90. The Balaban J connectivity index is 0.000000382. The third-order valence-electron chi connectivity index (χ3n) is 2.84. The Labute approximate surface area is 133 Å². The Bertz CT molecular complexity index is 592. The van der Waals surface area contributed by atoms with Crippen LogP contribution in [-0.4, -0.2) is 16.9 Å². The molecule has 120 valence electrons. The van der Waals surface area contributed by atoms with Gasteiger partial charge in [-0.05, 0) is 37.1 Å². The van der Waals surface area contributed by atoms with Crippen LogP contribution >= 0.6 is 0 Å². The van der Waals surface area contributed by atoms with Gasteiger partial charge in [-0.15, -0.1) is 0 Å². The lowest BCUT2D eigenvalue weighted by Gasteiger charge is -2.05. The van der Waals surface area contributed by atoms with Gasteiger partial charge in [0.05, 0.1) is 30.1 Å². The maximum Gasteiger partial charge on any atom is 0.122 e. The molecule has 2 aromatic rings. The topological polar surface area (TPSA) is 76.9 Å². The fourth-order valence-corrected chi connectivity index (χ4v) is 1.74. The first-order valence-corrected chi connectivity index (χ1v) is 7.34. The molecule has 0 aliphatic rings. The van der Waals surface area contributed by atoms with Gasteiger partial charge >= 0.3 is 0 Å². The monoisotopic (exact) mass is 302 g/mol. The second-order valence-electron chi connectivity index (χ2n) is 4.34. The molecule has 0 fully saturated rings. The van der Waals surface area contributed by atoms with E-state index in [2.05, 4.69) is 11.2 Å². The summed E-state index contributed by atoms with van der Waals surface area (Å²) in [6.45, 7) is 7.92. The number of nitrogens with zero attached hydrogens (tertiary/aromatic N) is 3. The molecule has 5 nitrogen and oxygen atoms in total. The average molecular weight is 302 g/mol. The fourth-order valence-electron chi connectivity index (χ4n) is 1.74. The maximum absolute atomic E-state index is 8.63. The zero-order valence-corrected chi connectivity index (χ0v) is 14.3. The summed E-state index contributed by atoms with van der Waals surface area (Å²) in [5.74, 6) is 0.858. The number of hydrogen-bond acceptors (Lipinski definition) is 4. The molecule has 0 spiro atoms. The predicted molar refractivity (Wildman–Crippen MR) is 90.8 cm³/mol. The van der Waals surface area contributed by atoms with Gasteiger partial charge < -0.3 is 10.5 Å². The number of methoxy groups -OCH3 is 1. The minimum atomic E-state index is 0.688. The summed E-state index contributed by atoms with van der Waals surface area (Å²) in [7, 11) is 3.49. The molecule has 1 aromatic heterocycles. The van der Waals surface area contributed by atoms with E-state index in [4.69, 9.17) is 15.7 Å². The van der Waals surface area contributed by atoms with Gasteiger partial charge in [0.2, 0.25) is 0 Å². The van der Waals surface area contributed by atoms with Crippen LogP contribution in [0.4, 0.5) is 5.69 Å². The molecule has 0 radical (unpaired) electrons. The highest BCUT2D eigenvalue weighted by Crippen LogP contribution is 2.19. The fraction of sp³-hybridized carbons (Fsp3) is 0.412. The molecular weight excluding hydrogens is 276 g/mol. The Kier molecular flexibility index (Phi) is 9.12. The van der Waals surface area contributed by atoms with Crippen molar-refractivity contribution >= 4 is 5.69 Å². The molecule has 0 unspecified atom stereocenters. The highest BCUT2D eigenvalue weighted by atomic mass is 16.5. The maximum atomic E-state index is 8.63. The number of rotatable bonds is 2. The van der Waals surface area contributed by atoms with E-state index < -0.39 is 0 Å². The van der Waals surface area contributed by atoms with Crippen LogP contribution < -0.4 is 10.5 Å². The third kappa shape index (κ3) is 5.88. The number of nitrogen functional groups attached to an aromatic ring is 1. The normalized spacial score (nSPS) is 8.77. The van der Waals surface area contributed by atoms with Crippen molar-refractivity contribution in [2.45, 2.75) is 34.1 Å². The van der Waals surface area contributed by atoms with Gasteiger partial charge in [-0.2, -0.15) is 10.4 Å². The van der Waals surface area contributed by atoms with Gasteiger partial charge in [0.25, 0.3) is 0 Å². The second-order valence-corrected chi connectivity index (χ2v) is 4.34. The van der Waals surface area contributed by atoms with E-state index in [-0.39, 0.29) is 0 Å². The van der Waals surface area contributed by atoms with Crippen molar-refractivity contribution in [2.24, 2.45) is 7.05 Å². The zero-order valence-electron chi connectivity index (χ0n) is 14.3. The van der Waals surface area contributed by atoms with Crippen molar-refractivity contribution in [2.75, 3.05) is 12.8 Å². The molecular formula is C17H26N4O. The molecule has 1 heterocycles. The Hall–Kier alpha value is -2.48. The van der Waals surface area contributed by atoms with Crippen LogP contribution in [0.25, 0.3) is 0 Å². The van der Waals surface area contributed by atoms with E-state index in [0.717, 1.165) is 29.1 Å². The largest absolute Gasteiger partial charge is 0.496 e. The van der Waals surface area contributed by atoms with Gasteiger partial charge in [-0.25, -0.2) is 0 Å². The number of aryl methyl sites for hydroxylation is 3. The third-order valence-corrected chi connectivity index (χ3v) is 2.84. The standard InChI is InChI=1S/C10H11NO.C5H9N3.C2H6/c1-3-9-6-8(7-11)4-5-10(9)12-2;1-4-5(6)3-8(2)7-4;1-2/h4-6H,3H2,1-2H3;3H,6H2,1-2H3;1-2H3. The van der Waals surface area contributed by atoms with Gasteiger partial charge in [0.1, 0.15) is 5.75 Å². The van der Waals surface area contributed by atoms with E-state index in [0.29, 0.717) is 5.56 Å². The van der Waals surface area contributed by atoms with Gasteiger partial charge in [-0.1, -0.05) is 20.8 Å². The smallest absolute Gasteiger partial charge is 0.122 e. The summed E-state index contributed by atoms with van der Waals surface area (Å²) in [5.41, 5.74) is 8.88. The summed E-state index contributed by atoms with van der Waals surface area (Å²) in [5, 5.41) is 12.6. The highest BCUT2D eigenvalue weighted by Gasteiger charge is 2.00. The minimum Gasteiger partial charge on any atom is -0.496 e. The van der Waals surface area contributed by atoms with Crippen LogP contribution in [0.5, 0.6) is 5.75 Å². The number of nitrogens with two attached hydrogens (primary N) is 1. The lowest BCUT2D eigenvalue weighted by atomic mass is 10.1. The first-order chi connectivity index (χ1) is 10.5. The number of nitriles is 1. The van der Waals surface area contributed by atoms with Gasteiger partial charge in [-0.3, -0.25) is 4.68 Å². The van der Waals surface area contributed by atoms with Crippen LogP contribution in [-0.2, 0) is 13.5 Å². The molecule has 0 atom stereocenters. The molecule has 0 saturated heterocycles. The average Bonchev–Trinajstić information content (AvgIpc) is 2.85. The Morgan fingerprint density at radius 1 is 1.36 bits per heavy atom. The second kappa shape index (κ2) is 10.3.